The summed E-state index contributed by atoms with van der Waals surface area (Å²) in [7, 11) is 1.85. The fourth-order valence-corrected chi connectivity index (χ4v) is 3.10. The Hall–Kier alpha value is -1.58. The fourth-order valence-electron chi connectivity index (χ4n) is 2.87. The number of hydrogen-bond donors (Lipinski definition) is 1. The van der Waals surface area contributed by atoms with Crippen molar-refractivity contribution >= 4 is 11.6 Å². The average Bonchev–Trinajstić information content (AvgIpc) is 2.83. The van der Waals surface area contributed by atoms with Gasteiger partial charge in [-0.3, -0.25) is 0 Å². The van der Waals surface area contributed by atoms with Crippen LogP contribution in [0.4, 0.5) is 4.39 Å². The van der Waals surface area contributed by atoms with Crippen LogP contribution in [0.15, 0.2) is 36.4 Å². The molecule has 1 N–H and O–H groups in total. The molecule has 1 aliphatic rings. The van der Waals surface area contributed by atoms with Gasteiger partial charge in [-0.25, -0.2) is 4.39 Å². The van der Waals surface area contributed by atoms with Gasteiger partial charge >= 0.3 is 0 Å². The molecule has 21 heavy (non-hydrogen) atoms. The van der Waals surface area contributed by atoms with E-state index in [0.29, 0.717) is 0 Å². The predicted molar refractivity (Wildman–Crippen MR) is 82.5 cm³/mol. The van der Waals surface area contributed by atoms with Gasteiger partial charge in [0, 0.05) is 6.42 Å². The highest BCUT2D eigenvalue weighted by Gasteiger charge is 2.22. The van der Waals surface area contributed by atoms with Crippen LogP contribution >= 0.6 is 11.6 Å². The first kappa shape index (κ1) is 14.4. The zero-order valence-corrected chi connectivity index (χ0v) is 12.7. The molecule has 2 aromatic rings. The number of ether oxygens (including phenoxy) is 1. The highest BCUT2D eigenvalue weighted by atomic mass is 35.5. The summed E-state index contributed by atoms with van der Waals surface area (Å²) in [6.07, 6.45) is 1.11. The van der Waals surface area contributed by atoms with Crippen molar-refractivity contribution < 1.29 is 9.13 Å². The molecule has 0 saturated carbocycles. The van der Waals surface area contributed by atoms with Crippen molar-refractivity contribution in [1.82, 2.24) is 5.32 Å². The van der Waals surface area contributed by atoms with Crippen molar-refractivity contribution in [2.24, 2.45) is 0 Å². The number of benzene rings is 2. The summed E-state index contributed by atoms with van der Waals surface area (Å²) in [5.74, 6) is 0.541. The van der Waals surface area contributed by atoms with Gasteiger partial charge in [-0.15, -0.1) is 0 Å². The van der Waals surface area contributed by atoms with Gasteiger partial charge < -0.3 is 10.1 Å². The topological polar surface area (TPSA) is 21.3 Å². The molecular formula is C17H17ClFNO. The number of rotatable bonds is 3. The van der Waals surface area contributed by atoms with E-state index in [0.717, 1.165) is 23.3 Å². The van der Waals surface area contributed by atoms with Crippen LogP contribution in [0.2, 0.25) is 5.02 Å². The summed E-state index contributed by atoms with van der Waals surface area (Å²) in [5.41, 5.74) is 2.99. The molecule has 0 amide bonds. The van der Waals surface area contributed by atoms with E-state index in [9.17, 15) is 4.39 Å². The third-order valence-corrected chi connectivity index (χ3v) is 4.23. The molecule has 1 heterocycles. The van der Waals surface area contributed by atoms with Gasteiger partial charge in [-0.05, 0) is 42.8 Å². The molecule has 4 heteroatoms. The van der Waals surface area contributed by atoms with Gasteiger partial charge in [0.05, 0.1) is 11.1 Å². The van der Waals surface area contributed by atoms with Crippen LogP contribution in [-0.4, -0.2) is 13.2 Å². The lowest BCUT2D eigenvalue weighted by atomic mass is 9.96. The Morgan fingerprint density at radius 2 is 2.14 bits per heavy atom. The first-order chi connectivity index (χ1) is 10.1. The normalized spacial score (nSPS) is 18.2. The lowest BCUT2D eigenvalue weighted by Gasteiger charge is -2.19. The third-order valence-electron chi connectivity index (χ3n) is 3.83. The molecule has 0 fully saturated rings. The summed E-state index contributed by atoms with van der Waals surface area (Å²) in [6.45, 7) is 2.05. The first-order valence-electron chi connectivity index (χ1n) is 7.01. The van der Waals surface area contributed by atoms with Crippen molar-refractivity contribution in [2.45, 2.75) is 25.5 Å². The lowest BCUT2D eigenvalue weighted by Crippen LogP contribution is -2.18. The van der Waals surface area contributed by atoms with Gasteiger partial charge in [-0.1, -0.05) is 35.9 Å². The summed E-state index contributed by atoms with van der Waals surface area (Å²) in [6, 6.07) is 10.8. The number of hydrogen-bond acceptors (Lipinski definition) is 2. The maximum atomic E-state index is 13.7. The van der Waals surface area contributed by atoms with E-state index in [1.54, 1.807) is 6.07 Å². The van der Waals surface area contributed by atoms with E-state index < -0.39 is 5.82 Å². The number of halogens is 2. The Morgan fingerprint density at radius 3 is 2.90 bits per heavy atom. The number of fused-ring (bicyclic) bond motifs is 1. The van der Waals surface area contributed by atoms with Crippen molar-refractivity contribution in [3.8, 4) is 5.75 Å². The number of nitrogens with one attached hydrogen (secondary N) is 1. The second kappa shape index (κ2) is 5.66. The van der Waals surface area contributed by atoms with Crippen LogP contribution in [0.1, 0.15) is 29.7 Å². The molecule has 0 radical (unpaired) electrons. The quantitative estimate of drug-likeness (QED) is 0.921. The van der Waals surface area contributed by atoms with Crippen molar-refractivity contribution in [2.75, 3.05) is 7.05 Å². The van der Waals surface area contributed by atoms with E-state index >= 15 is 0 Å². The molecule has 0 saturated heterocycles. The highest BCUT2D eigenvalue weighted by Crippen LogP contribution is 2.35. The SMILES string of the molecule is CNC(c1ccc2c(c1)CC(C)O2)c1cccc(F)c1Cl. The molecule has 0 bridgehead atoms. The smallest absolute Gasteiger partial charge is 0.142 e. The minimum atomic E-state index is -0.396. The molecular weight excluding hydrogens is 289 g/mol. The molecule has 2 nitrogen and oxygen atoms in total. The molecule has 2 aromatic carbocycles. The monoisotopic (exact) mass is 305 g/mol. The highest BCUT2D eigenvalue weighted by molar-refractivity contribution is 6.31. The Kier molecular flexibility index (Phi) is 3.87. The Balaban J connectivity index is 2.01. The Morgan fingerprint density at radius 1 is 1.33 bits per heavy atom. The molecule has 2 unspecified atom stereocenters. The van der Waals surface area contributed by atoms with Crippen LogP contribution in [-0.2, 0) is 6.42 Å². The fraction of sp³-hybridized carbons (Fsp3) is 0.294. The van der Waals surface area contributed by atoms with E-state index in [1.807, 2.05) is 25.2 Å². The van der Waals surface area contributed by atoms with Gasteiger partial charge in [0.25, 0.3) is 0 Å². The molecule has 110 valence electrons. The zero-order chi connectivity index (χ0) is 15.0. The van der Waals surface area contributed by atoms with Gasteiger partial charge in [-0.2, -0.15) is 0 Å². The van der Waals surface area contributed by atoms with Crippen LogP contribution in [0.5, 0.6) is 5.75 Å². The molecule has 2 atom stereocenters. The van der Waals surface area contributed by atoms with E-state index in [1.165, 1.54) is 11.6 Å². The van der Waals surface area contributed by atoms with Crippen LogP contribution in [0.3, 0.4) is 0 Å². The lowest BCUT2D eigenvalue weighted by molar-refractivity contribution is 0.254. The molecule has 1 aliphatic heterocycles. The summed E-state index contributed by atoms with van der Waals surface area (Å²) in [5, 5.41) is 3.38. The Bertz CT molecular complexity index is 674. The van der Waals surface area contributed by atoms with Gasteiger partial charge in [0.2, 0.25) is 0 Å². The average molecular weight is 306 g/mol. The molecule has 0 aliphatic carbocycles. The maximum absolute atomic E-state index is 13.7. The minimum Gasteiger partial charge on any atom is -0.490 e. The van der Waals surface area contributed by atoms with E-state index in [-0.39, 0.29) is 17.2 Å². The van der Waals surface area contributed by atoms with Crippen molar-refractivity contribution in [3.05, 3.63) is 63.9 Å². The van der Waals surface area contributed by atoms with E-state index in [2.05, 4.69) is 18.3 Å². The zero-order valence-electron chi connectivity index (χ0n) is 12.0. The Labute approximate surface area is 128 Å². The van der Waals surface area contributed by atoms with E-state index in [4.69, 9.17) is 16.3 Å². The summed E-state index contributed by atoms with van der Waals surface area (Å²) < 4.78 is 19.4. The van der Waals surface area contributed by atoms with Crippen LogP contribution in [0.25, 0.3) is 0 Å². The standard InChI is InChI=1S/C17H17ClFNO/c1-10-8-12-9-11(6-7-15(12)21-10)17(20-2)13-4-3-5-14(19)16(13)18/h3-7,9-10,17,20H,8H2,1-2H3. The molecule has 0 spiro atoms. The molecule has 3 rings (SSSR count). The van der Waals surface area contributed by atoms with Gasteiger partial charge in [0.1, 0.15) is 17.7 Å². The largest absolute Gasteiger partial charge is 0.490 e. The first-order valence-corrected chi connectivity index (χ1v) is 7.38. The molecule has 0 aromatic heterocycles. The second-order valence-corrected chi connectivity index (χ2v) is 5.74. The predicted octanol–water partition coefficient (Wildman–Crippen LogP) is 4.11. The minimum absolute atomic E-state index is 0.144. The van der Waals surface area contributed by atoms with Crippen LogP contribution < -0.4 is 10.1 Å². The van der Waals surface area contributed by atoms with Crippen molar-refractivity contribution in [3.63, 3.8) is 0 Å². The second-order valence-electron chi connectivity index (χ2n) is 5.36. The van der Waals surface area contributed by atoms with Crippen molar-refractivity contribution in [1.29, 1.82) is 0 Å². The maximum Gasteiger partial charge on any atom is 0.142 e. The summed E-state index contributed by atoms with van der Waals surface area (Å²) >= 11 is 6.12. The third kappa shape index (κ3) is 2.63. The summed E-state index contributed by atoms with van der Waals surface area (Å²) in [4.78, 5) is 0. The van der Waals surface area contributed by atoms with Gasteiger partial charge in [0.15, 0.2) is 0 Å². The van der Waals surface area contributed by atoms with Crippen LogP contribution in [0, 0.1) is 5.82 Å².